The number of anilines is 1. The summed E-state index contributed by atoms with van der Waals surface area (Å²) in [4.78, 5) is 54.4. The second-order valence-electron chi connectivity index (χ2n) is 8.96. The van der Waals surface area contributed by atoms with Crippen molar-refractivity contribution in [3.05, 3.63) is 33.9 Å². The summed E-state index contributed by atoms with van der Waals surface area (Å²) in [5.74, 6) is -0.981. The van der Waals surface area contributed by atoms with Crippen LogP contribution in [0.25, 0.3) is 0 Å². The number of non-ortho nitro benzene ring substituents is 1. The topological polar surface area (TPSA) is 104 Å². The lowest BCUT2D eigenvalue weighted by molar-refractivity contribution is -0.384. The number of nitrogens with zero attached hydrogens (tertiary/aromatic N) is 4. The van der Waals surface area contributed by atoms with Gasteiger partial charge in [0.2, 0.25) is 11.8 Å². The minimum atomic E-state index is -1.53. The third kappa shape index (κ3) is 3.03. The molecular weight excluding hydrogens is 388 g/mol. The molecule has 0 saturated carbocycles. The van der Waals surface area contributed by atoms with Crippen molar-refractivity contribution < 1.29 is 19.3 Å². The average molecular weight is 416 g/mol. The van der Waals surface area contributed by atoms with E-state index in [1.54, 1.807) is 6.07 Å². The lowest BCUT2D eigenvalue weighted by atomic mass is 9.64. The van der Waals surface area contributed by atoms with Crippen LogP contribution >= 0.6 is 0 Å². The van der Waals surface area contributed by atoms with Crippen LogP contribution in [-0.4, -0.2) is 59.3 Å². The second-order valence-corrected chi connectivity index (χ2v) is 8.96. The zero-order valence-electron chi connectivity index (χ0n) is 18.2. The van der Waals surface area contributed by atoms with Crippen LogP contribution in [0.15, 0.2) is 18.2 Å². The molecule has 2 heterocycles. The number of carbonyl (C=O) groups is 3. The summed E-state index contributed by atoms with van der Waals surface area (Å²) >= 11 is 0. The normalized spacial score (nSPS) is 21.1. The fourth-order valence-electron chi connectivity index (χ4n) is 4.96. The first-order chi connectivity index (χ1) is 13.9. The van der Waals surface area contributed by atoms with E-state index in [1.807, 2.05) is 32.6 Å². The fourth-order valence-corrected chi connectivity index (χ4v) is 4.96. The van der Waals surface area contributed by atoms with E-state index in [1.165, 1.54) is 26.2 Å². The molecule has 1 spiro atoms. The van der Waals surface area contributed by atoms with Gasteiger partial charge in [-0.2, -0.15) is 0 Å². The van der Waals surface area contributed by atoms with Crippen molar-refractivity contribution in [1.82, 2.24) is 9.80 Å². The Bertz CT molecular complexity index is 902. The molecule has 162 valence electrons. The van der Waals surface area contributed by atoms with E-state index in [0.717, 1.165) is 15.5 Å². The Morgan fingerprint density at radius 2 is 1.67 bits per heavy atom. The van der Waals surface area contributed by atoms with Gasteiger partial charge in [0.15, 0.2) is 5.41 Å². The molecule has 0 N–H and O–H groups in total. The highest BCUT2D eigenvalue weighted by atomic mass is 16.6. The SMILES string of the molecule is CC(C)CN1c2ccc([N+](=O)[O-])cc2CC2(C(=O)N(C)C(=O)N(C)C2=O)C1C(C)C. The van der Waals surface area contributed by atoms with Crippen molar-refractivity contribution in [1.29, 1.82) is 0 Å². The number of fused-ring (bicyclic) bond motifs is 1. The summed E-state index contributed by atoms with van der Waals surface area (Å²) in [5.41, 5.74) is -0.256. The number of amides is 4. The fraction of sp³-hybridized carbons (Fsp3) is 0.571. The molecule has 1 aromatic rings. The van der Waals surface area contributed by atoms with E-state index >= 15 is 0 Å². The number of benzene rings is 1. The molecule has 1 saturated heterocycles. The van der Waals surface area contributed by atoms with Crippen LogP contribution in [0.4, 0.5) is 16.2 Å². The van der Waals surface area contributed by atoms with Gasteiger partial charge in [0.1, 0.15) is 0 Å². The molecule has 9 heteroatoms. The summed E-state index contributed by atoms with van der Waals surface area (Å²) in [5, 5.41) is 11.4. The number of rotatable bonds is 4. The maximum atomic E-state index is 13.5. The summed E-state index contributed by atoms with van der Waals surface area (Å²) < 4.78 is 0. The summed E-state index contributed by atoms with van der Waals surface area (Å²) in [6, 6.07) is 3.44. The highest BCUT2D eigenvalue weighted by molar-refractivity contribution is 6.20. The predicted octanol–water partition coefficient (Wildman–Crippen LogP) is 2.67. The molecule has 0 bridgehead atoms. The van der Waals surface area contributed by atoms with Crippen molar-refractivity contribution in [2.75, 3.05) is 25.5 Å². The Morgan fingerprint density at radius 1 is 1.10 bits per heavy atom. The molecular formula is C21H28N4O5. The van der Waals surface area contributed by atoms with E-state index in [0.29, 0.717) is 12.1 Å². The van der Waals surface area contributed by atoms with Gasteiger partial charge in [-0.1, -0.05) is 27.7 Å². The Kier molecular flexibility index (Phi) is 5.34. The molecule has 1 fully saturated rings. The van der Waals surface area contributed by atoms with Gasteiger partial charge < -0.3 is 4.90 Å². The first kappa shape index (κ1) is 21.7. The molecule has 2 aliphatic heterocycles. The molecule has 2 aliphatic rings. The molecule has 3 rings (SSSR count). The lowest BCUT2D eigenvalue weighted by Crippen LogP contribution is -2.72. The number of barbiturate groups is 1. The number of nitro benzene ring substituents is 1. The van der Waals surface area contributed by atoms with Crippen LogP contribution in [0.1, 0.15) is 33.3 Å². The average Bonchev–Trinajstić information content (AvgIpc) is 2.68. The molecule has 4 amide bonds. The monoisotopic (exact) mass is 416 g/mol. The summed E-state index contributed by atoms with van der Waals surface area (Å²) in [6.07, 6.45) is 0.0150. The first-order valence-electron chi connectivity index (χ1n) is 10.1. The lowest BCUT2D eigenvalue weighted by Gasteiger charge is -2.54. The number of nitro groups is 1. The Morgan fingerprint density at radius 3 is 2.13 bits per heavy atom. The molecule has 1 atom stereocenters. The maximum Gasteiger partial charge on any atom is 0.332 e. The van der Waals surface area contributed by atoms with Crippen molar-refractivity contribution in [3.63, 3.8) is 0 Å². The van der Waals surface area contributed by atoms with Crippen molar-refractivity contribution >= 4 is 29.2 Å². The van der Waals surface area contributed by atoms with Gasteiger partial charge in [0.25, 0.3) is 5.69 Å². The van der Waals surface area contributed by atoms with E-state index in [9.17, 15) is 24.5 Å². The number of urea groups is 1. The number of hydrogen-bond acceptors (Lipinski definition) is 6. The largest absolute Gasteiger partial charge is 0.366 e. The van der Waals surface area contributed by atoms with Crippen LogP contribution in [0.2, 0.25) is 0 Å². The molecule has 0 aliphatic carbocycles. The van der Waals surface area contributed by atoms with Crippen molar-refractivity contribution in [2.45, 2.75) is 40.2 Å². The highest BCUT2D eigenvalue weighted by Gasteiger charge is 2.63. The third-order valence-electron chi connectivity index (χ3n) is 6.03. The van der Waals surface area contributed by atoms with Crippen molar-refractivity contribution in [2.24, 2.45) is 17.3 Å². The van der Waals surface area contributed by atoms with Crippen LogP contribution in [-0.2, 0) is 16.0 Å². The number of imide groups is 2. The van der Waals surface area contributed by atoms with E-state index in [4.69, 9.17) is 0 Å². The molecule has 0 radical (unpaired) electrons. The van der Waals surface area contributed by atoms with Gasteiger partial charge in [-0.25, -0.2) is 4.79 Å². The van der Waals surface area contributed by atoms with Gasteiger partial charge in [0, 0.05) is 44.9 Å². The van der Waals surface area contributed by atoms with Crippen LogP contribution in [0, 0.1) is 27.4 Å². The zero-order valence-corrected chi connectivity index (χ0v) is 18.2. The zero-order chi connectivity index (χ0) is 22.5. The maximum absolute atomic E-state index is 13.5. The third-order valence-corrected chi connectivity index (χ3v) is 6.03. The molecule has 9 nitrogen and oxygen atoms in total. The van der Waals surface area contributed by atoms with Crippen molar-refractivity contribution in [3.8, 4) is 0 Å². The minimum Gasteiger partial charge on any atom is -0.366 e. The molecule has 30 heavy (non-hydrogen) atoms. The van der Waals surface area contributed by atoms with Gasteiger partial charge in [-0.3, -0.25) is 29.5 Å². The molecule has 1 aromatic carbocycles. The summed E-state index contributed by atoms with van der Waals surface area (Å²) in [6.45, 7) is 8.55. The standard InChI is InChI=1S/C21H28N4O5/c1-12(2)11-24-16-8-7-15(25(29)30)9-14(16)10-21(17(24)13(3)4)18(26)22(5)20(28)23(6)19(21)27/h7-9,12-13,17H,10-11H2,1-6H3. The van der Waals surface area contributed by atoms with E-state index < -0.39 is 34.2 Å². The Labute approximate surface area is 175 Å². The van der Waals surface area contributed by atoms with Gasteiger partial charge in [0.05, 0.1) is 11.0 Å². The Balaban J connectivity index is 2.31. The predicted molar refractivity (Wildman–Crippen MR) is 111 cm³/mol. The number of carbonyl (C=O) groups excluding carboxylic acids is 3. The summed E-state index contributed by atoms with van der Waals surface area (Å²) in [7, 11) is 2.75. The first-order valence-corrected chi connectivity index (χ1v) is 10.1. The van der Waals surface area contributed by atoms with Gasteiger partial charge in [-0.15, -0.1) is 0 Å². The Hall–Kier alpha value is -2.97. The molecule has 1 unspecified atom stereocenters. The van der Waals surface area contributed by atoms with Gasteiger partial charge >= 0.3 is 6.03 Å². The number of hydrogen-bond donors (Lipinski definition) is 0. The van der Waals surface area contributed by atoms with Crippen LogP contribution in [0.5, 0.6) is 0 Å². The van der Waals surface area contributed by atoms with Gasteiger partial charge in [-0.05, 0) is 23.5 Å². The smallest absolute Gasteiger partial charge is 0.332 e. The van der Waals surface area contributed by atoms with E-state index in [-0.39, 0.29) is 23.9 Å². The molecule has 0 aromatic heterocycles. The van der Waals surface area contributed by atoms with Crippen LogP contribution < -0.4 is 4.90 Å². The minimum absolute atomic E-state index is 0.0150. The van der Waals surface area contributed by atoms with E-state index in [2.05, 4.69) is 0 Å². The highest BCUT2D eigenvalue weighted by Crippen LogP contribution is 2.48. The quantitative estimate of drug-likeness (QED) is 0.425. The second kappa shape index (κ2) is 7.37. The van der Waals surface area contributed by atoms with Crippen LogP contribution in [0.3, 0.4) is 0 Å².